The minimum atomic E-state index is -0.564. The van der Waals surface area contributed by atoms with Crippen molar-refractivity contribution in [2.45, 2.75) is 6.61 Å². The zero-order valence-electron chi connectivity index (χ0n) is 10.4. The third-order valence-electron chi connectivity index (χ3n) is 2.98. The summed E-state index contributed by atoms with van der Waals surface area (Å²) in [6, 6.07) is 12.7. The number of fused-ring (bicyclic) bond motifs is 1. The van der Waals surface area contributed by atoms with Gasteiger partial charge in [-0.2, -0.15) is 10.4 Å². The molecular weight excluding hydrogens is 257 g/mol. The number of ether oxygens (including phenoxy) is 1. The quantitative estimate of drug-likeness (QED) is 0.792. The van der Waals surface area contributed by atoms with E-state index in [4.69, 9.17) is 4.74 Å². The van der Waals surface area contributed by atoms with Gasteiger partial charge in [0.2, 0.25) is 0 Å². The van der Waals surface area contributed by atoms with Gasteiger partial charge in [0.15, 0.2) is 11.6 Å². The van der Waals surface area contributed by atoms with Crippen molar-refractivity contribution in [2.75, 3.05) is 0 Å². The zero-order chi connectivity index (χ0) is 13.9. The molecule has 20 heavy (non-hydrogen) atoms. The number of hydrogen-bond donors (Lipinski definition) is 1. The normalized spacial score (nSPS) is 10.4. The van der Waals surface area contributed by atoms with E-state index < -0.39 is 5.82 Å². The van der Waals surface area contributed by atoms with Crippen LogP contribution in [0, 0.1) is 17.1 Å². The molecule has 1 heterocycles. The highest BCUT2D eigenvalue weighted by Gasteiger charge is 2.16. The molecule has 0 radical (unpaired) electrons. The molecule has 0 spiro atoms. The molecule has 3 rings (SSSR count). The molecule has 0 atom stereocenters. The highest BCUT2D eigenvalue weighted by Crippen LogP contribution is 2.30. The van der Waals surface area contributed by atoms with Crippen molar-refractivity contribution in [3.63, 3.8) is 0 Å². The maximum Gasteiger partial charge on any atom is 0.175 e. The third kappa shape index (κ3) is 2.08. The van der Waals surface area contributed by atoms with Crippen LogP contribution in [0.25, 0.3) is 10.9 Å². The first-order chi connectivity index (χ1) is 9.79. The van der Waals surface area contributed by atoms with Crippen LogP contribution < -0.4 is 4.74 Å². The van der Waals surface area contributed by atoms with Crippen LogP contribution in [0.5, 0.6) is 5.75 Å². The smallest absolute Gasteiger partial charge is 0.175 e. The summed E-state index contributed by atoms with van der Waals surface area (Å²) >= 11 is 0. The summed E-state index contributed by atoms with van der Waals surface area (Å²) in [5.41, 5.74) is 1.52. The van der Waals surface area contributed by atoms with Gasteiger partial charge in [0.1, 0.15) is 18.2 Å². The predicted octanol–water partition coefficient (Wildman–Crippen LogP) is 3.15. The minimum absolute atomic E-state index is 0.0481. The lowest BCUT2D eigenvalue weighted by Gasteiger charge is -2.09. The van der Waals surface area contributed by atoms with Gasteiger partial charge in [0.05, 0.1) is 11.7 Å². The molecule has 0 aliphatic heterocycles. The Morgan fingerprint density at radius 2 is 2.10 bits per heavy atom. The number of hydrogen-bond acceptors (Lipinski definition) is 3. The van der Waals surface area contributed by atoms with Gasteiger partial charge in [-0.15, -0.1) is 0 Å². The predicted molar refractivity (Wildman–Crippen MR) is 71.5 cm³/mol. The second kappa shape index (κ2) is 5.02. The molecule has 0 bridgehead atoms. The van der Waals surface area contributed by atoms with Crippen LogP contribution in [0.15, 0.2) is 42.6 Å². The summed E-state index contributed by atoms with van der Waals surface area (Å²) in [5.74, 6) is -0.612. The summed E-state index contributed by atoms with van der Waals surface area (Å²) in [4.78, 5) is 0. The second-order valence-electron chi connectivity index (χ2n) is 4.28. The van der Waals surface area contributed by atoms with Crippen molar-refractivity contribution in [3.05, 3.63) is 59.5 Å². The van der Waals surface area contributed by atoms with E-state index in [1.165, 1.54) is 12.3 Å². The van der Waals surface area contributed by atoms with Crippen molar-refractivity contribution < 1.29 is 9.13 Å². The molecule has 0 saturated heterocycles. The lowest BCUT2D eigenvalue weighted by atomic mass is 10.1. The number of nitrogens with zero attached hydrogens (tertiary/aromatic N) is 2. The first kappa shape index (κ1) is 12.2. The Kier molecular flexibility index (Phi) is 3.05. The van der Waals surface area contributed by atoms with E-state index in [9.17, 15) is 9.65 Å². The number of nitriles is 1. The van der Waals surface area contributed by atoms with Crippen molar-refractivity contribution in [2.24, 2.45) is 0 Å². The molecule has 0 unspecified atom stereocenters. The summed E-state index contributed by atoms with van der Waals surface area (Å²) in [6.07, 6.45) is 1.47. The number of nitrogens with one attached hydrogen (secondary N) is 1. The Hall–Kier alpha value is -2.87. The average molecular weight is 267 g/mol. The first-order valence-electron chi connectivity index (χ1n) is 6.02. The Labute approximate surface area is 114 Å². The molecular formula is C15H10FN3O. The molecule has 2 aromatic carbocycles. The molecule has 0 amide bonds. The zero-order valence-corrected chi connectivity index (χ0v) is 10.4. The largest absolute Gasteiger partial charge is 0.484 e. The van der Waals surface area contributed by atoms with E-state index in [2.05, 4.69) is 10.2 Å². The lowest BCUT2D eigenvalue weighted by Crippen LogP contribution is -2.00. The number of halogens is 1. The molecule has 5 heteroatoms. The van der Waals surface area contributed by atoms with Crippen LogP contribution >= 0.6 is 0 Å². The number of H-pyrrole nitrogens is 1. The molecule has 98 valence electrons. The minimum Gasteiger partial charge on any atom is -0.484 e. The van der Waals surface area contributed by atoms with Gasteiger partial charge in [-0.25, -0.2) is 4.39 Å². The standard InChI is InChI=1S/C15H10FN3O/c16-13-6-11-8-18-19-14(11)12(7-17)15(13)20-9-10-4-2-1-3-5-10/h1-6,8H,9H2,(H,18,19). The van der Waals surface area contributed by atoms with E-state index in [-0.39, 0.29) is 17.9 Å². The molecule has 0 aliphatic rings. The molecule has 0 saturated carbocycles. The van der Waals surface area contributed by atoms with Gasteiger partial charge < -0.3 is 4.74 Å². The van der Waals surface area contributed by atoms with Gasteiger partial charge in [-0.3, -0.25) is 5.10 Å². The van der Waals surface area contributed by atoms with Crippen LogP contribution in [0.4, 0.5) is 4.39 Å². The van der Waals surface area contributed by atoms with E-state index in [1.807, 2.05) is 36.4 Å². The summed E-state index contributed by atoms with van der Waals surface area (Å²) < 4.78 is 19.5. The fourth-order valence-corrected chi connectivity index (χ4v) is 2.02. The Morgan fingerprint density at radius 3 is 2.85 bits per heavy atom. The molecule has 3 aromatic rings. The number of benzene rings is 2. The fraction of sp³-hybridized carbons (Fsp3) is 0.0667. The van der Waals surface area contributed by atoms with Crippen LogP contribution in [-0.2, 0) is 6.61 Å². The average Bonchev–Trinajstić information content (AvgIpc) is 2.93. The first-order valence-corrected chi connectivity index (χ1v) is 6.02. The van der Waals surface area contributed by atoms with Gasteiger partial charge >= 0.3 is 0 Å². The van der Waals surface area contributed by atoms with Crippen molar-refractivity contribution in [1.29, 1.82) is 5.26 Å². The second-order valence-corrected chi connectivity index (χ2v) is 4.28. The lowest BCUT2D eigenvalue weighted by molar-refractivity contribution is 0.290. The van der Waals surface area contributed by atoms with Crippen LogP contribution in [0.1, 0.15) is 11.1 Å². The molecule has 1 N–H and O–H groups in total. The van der Waals surface area contributed by atoms with Crippen LogP contribution in [0.3, 0.4) is 0 Å². The number of rotatable bonds is 3. The van der Waals surface area contributed by atoms with E-state index >= 15 is 0 Å². The van der Waals surface area contributed by atoms with Gasteiger partial charge in [-0.1, -0.05) is 30.3 Å². The summed E-state index contributed by atoms with van der Waals surface area (Å²) in [5, 5.41) is 16.3. The van der Waals surface area contributed by atoms with E-state index in [1.54, 1.807) is 0 Å². The van der Waals surface area contributed by atoms with Crippen LogP contribution in [0.2, 0.25) is 0 Å². The Bertz CT molecular complexity index is 790. The van der Waals surface area contributed by atoms with Crippen molar-refractivity contribution in [1.82, 2.24) is 10.2 Å². The monoisotopic (exact) mass is 267 g/mol. The fourth-order valence-electron chi connectivity index (χ4n) is 2.02. The van der Waals surface area contributed by atoms with Gasteiger partial charge in [-0.05, 0) is 11.6 Å². The van der Waals surface area contributed by atoms with E-state index in [0.717, 1.165) is 5.56 Å². The van der Waals surface area contributed by atoms with E-state index in [0.29, 0.717) is 10.9 Å². The highest BCUT2D eigenvalue weighted by atomic mass is 19.1. The highest BCUT2D eigenvalue weighted by molar-refractivity contribution is 5.86. The Balaban J connectivity index is 1.98. The molecule has 4 nitrogen and oxygen atoms in total. The van der Waals surface area contributed by atoms with Gasteiger partial charge in [0, 0.05) is 5.39 Å². The molecule has 0 fully saturated rings. The molecule has 0 aliphatic carbocycles. The molecule has 1 aromatic heterocycles. The number of aromatic amines is 1. The van der Waals surface area contributed by atoms with Crippen molar-refractivity contribution >= 4 is 10.9 Å². The van der Waals surface area contributed by atoms with Gasteiger partial charge in [0.25, 0.3) is 0 Å². The summed E-state index contributed by atoms with van der Waals surface area (Å²) in [6.45, 7) is 0.200. The summed E-state index contributed by atoms with van der Waals surface area (Å²) in [7, 11) is 0. The number of aromatic nitrogens is 2. The van der Waals surface area contributed by atoms with Crippen molar-refractivity contribution in [3.8, 4) is 11.8 Å². The van der Waals surface area contributed by atoms with Crippen LogP contribution in [-0.4, -0.2) is 10.2 Å². The maximum absolute atomic E-state index is 14.0. The SMILES string of the molecule is N#Cc1c(OCc2ccccc2)c(F)cc2cn[nH]c12. The third-order valence-corrected chi connectivity index (χ3v) is 2.98. The topological polar surface area (TPSA) is 61.7 Å². The Morgan fingerprint density at radius 1 is 1.30 bits per heavy atom. The maximum atomic E-state index is 14.0.